The molecule has 180 valence electrons. The number of benzene rings is 2. The molecule has 0 saturated heterocycles. The quantitative estimate of drug-likeness (QED) is 0.411. The lowest BCUT2D eigenvalue weighted by Crippen LogP contribution is -2.40. The summed E-state index contributed by atoms with van der Waals surface area (Å²) in [5.41, 5.74) is 1.93. The zero-order chi connectivity index (χ0) is 24.1. The Morgan fingerprint density at radius 3 is 2.18 bits per heavy atom. The maximum absolute atomic E-state index is 13.0. The summed E-state index contributed by atoms with van der Waals surface area (Å²) >= 11 is 0. The summed E-state index contributed by atoms with van der Waals surface area (Å²) in [4.78, 5) is 26.6. The van der Waals surface area contributed by atoms with Crippen LogP contribution in [0.4, 0.5) is 0 Å². The van der Waals surface area contributed by atoms with Crippen molar-refractivity contribution in [3.05, 3.63) is 77.4 Å². The Morgan fingerprint density at radius 1 is 0.941 bits per heavy atom. The van der Waals surface area contributed by atoms with Gasteiger partial charge in [0.1, 0.15) is 0 Å². The highest BCUT2D eigenvalue weighted by atomic mass is 32.2. The smallest absolute Gasteiger partial charge is 0.261 e. The van der Waals surface area contributed by atoms with Gasteiger partial charge in [0.25, 0.3) is 11.8 Å². The van der Waals surface area contributed by atoms with Gasteiger partial charge in [-0.25, -0.2) is 13.1 Å². The molecule has 34 heavy (non-hydrogen) atoms. The fourth-order valence-electron chi connectivity index (χ4n) is 4.86. The first-order valence-corrected chi connectivity index (χ1v) is 13.5. The molecule has 1 atom stereocenters. The average Bonchev–Trinajstić information content (AvgIpc) is 3.09. The summed E-state index contributed by atoms with van der Waals surface area (Å²) in [7, 11) is -3.61. The van der Waals surface area contributed by atoms with Crippen LogP contribution in [0.15, 0.2) is 65.6 Å². The highest BCUT2D eigenvalue weighted by molar-refractivity contribution is 7.89. The van der Waals surface area contributed by atoms with Gasteiger partial charge in [0.2, 0.25) is 10.0 Å². The van der Waals surface area contributed by atoms with E-state index in [1.54, 1.807) is 36.4 Å². The second-order valence-electron chi connectivity index (χ2n) is 9.24. The third-order valence-electron chi connectivity index (χ3n) is 6.81. The van der Waals surface area contributed by atoms with E-state index in [4.69, 9.17) is 0 Å². The Bertz CT molecular complexity index is 1130. The number of nitrogens with zero attached hydrogens (tertiary/aromatic N) is 1. The number of nitrogens with one attached hydrogen (secondary N) is 1. The molecule has 2 aromatic carbocycles. The third-order valence-corrected chi connectivity index (χ3v) is 8.32. The van der Waals surface area contributed by atoms with Crippen LogP contribution in [0.3, 0.4) is 0 Å². The zero-order valence-corrected chi connectivity index (χ0v) is 20.4. The van der Waals surface area contributed by atoms with Gasteiger partial charge in [-0.05, 0) is 62.8 Å². The SMILES string of the molecule is Cc1ccc(S(=O)(=O)NC(C/C=C/CCN2C(=O)c3ccccc3C2=O)C2CCCCC2)cc1. The number of aryl methyl sites for hydroxylation is 1. The number of amides is 2. The van der Waals surface area contributed by atoms with Gasteiger partial charge in [0.15, 0.2) is 0 Å². The minimum absolute atomic E-state index is 0.179. The number of hydrogen-bond acceptors (Lipinski definition) is 4. The predicted octanol–water partition coefficient (Wildman–Crippen LogP) is 4.85. The molecule has 0 spiro atoms. The van der Waals surface area contributed by atoms with E-state index < -0.39 is 10.0 Å². The van der Waals surface area contributed by atoms with Crippen molar-refractivity contribution in [1.29, 1.82) is 0 Å². The summed E-state index contributed by atoms with van der Waals surface area (Å²) in [6, 6.07) is 13.6. The molecule has 1 aliphatic carbocycles. The van der Waals surface area contributed by atoms with Crippen LogP contribution in [-0.2, 0) is 10.0 Å². The van der Waals surface area contributed by atoms with E-state index in [2.05, 4.69) is 4.72 Å². The van der Waals surface area contributed by atoms with Crippen LogP contribution < -0.4 is 4.72 Å². The lowest BCUT2D eigenvalue weighted by Gasteiger charge is -2.30. The van der Waals surface area contributed by atoms with Crippen LogP contribution in [0, 0.1) is 12.8 Å². The van der Waals surface area contributed by atoms with Crippen LogP contribution in [0.25, 0.3) is 0 Å². The lowest BCUT2D eigenvalue weighted by atomic mass is 9.83. The van der Waals surface area contributed by atoms with E-state index in [0.29, 0.717) is 36.4 Å². The van der Waals surface area contributed by atoms with Gasteiger partial charge in [-0.3, -0.25) is 14.5 Å². The number of rotatable bonds is 9. The number of hydrogen-bond donors (Lipinski definition) is 1. The van der Waals surface area contributed by atoms with Crippen LogP contribution in [0.2, 0.25) is 0 Å². The Labute approximate surface area is 202 Å². The minimum atomic E-state index is -3.61. The Balaban J connectivity index is 1.37. The summed E-state index contributed by atoms with van der Waals surface area (Å²) in [5, 5.41) is 0. The fourth-order valence-corrected chi connectivity index (χ4v) is 6.18. The average molecular weight is 481 g/mol. The first-order valence-electron chi connectivity index (χ1n) is 12.1. The molecule has 1 aliphatic heterocycles. The maximum Gasteiger partial charge on any atom is 0.261 e. The standard InChI is InChI=1S/C27H32N2O4S/c1-20-15-17-22(18-16-20)34(32,33)28-25(21-10-4-2-5-11-21)14-6-3-9-19-29-26(30)23-12-7-8-13-24(23)27(29)31/h3,6-8,12-13,15-18,21,25,28H,2,4-5,9-11,14,19H2,1H3/b6-3+. The molecule has 1 saturated carbocycles. The first-order chi connectivity index (χ1) is 16.4. The second-order valence-corrected chi connectivity index (χ2v) is 11.0. The van der Waals surface area contributed by atoms with Crippen LogP contribution in [0.1, 0.15) is 71.2 Å². The highest BCUT2D eigenvalue weighted by Gasteiger charge is 2.34. The molecular formula is C27H32N2O4S. The molecule has 4 rings (SSSR count). The molecule has 0 bridgehead atoms. The summed E-state index contributed by atoms with van der Waals surface area (Å²) in [6.45, 7) is 2.24. The van der Waals surface area contributed by atoms with E-state index >= 15 is 0 Å². The largest absolute Gasteiger partial charge is 0.274 e. The summed E-state index contributed by atoms with van der Waals surface area (Å²) in [6.07, 6.45) is 10.5. The number of imide groups is 1. The van der Waals surface area contributed by atoms with Crippen molar-refractivity contribution in [1.82, 2.24) is 9.62 Å². The van der Waals surface area contributed by atoms with E-state index in [1.165, 1.54) is 11.3 Å². The normalized spacial score (nSPS) is 18.0. The van der Waals surface area contributed by atoms with Gasteiger partial charge in [0.05, 0.1) is 16.0 Å². The van der Waals surface area contributed by atoms with Gasteiger partial charge >= 0.3 is 0 Å². The van der Waals surface area contributed by atoms with Crippen molar-refractivity contribution in [2.75, 3.05) is 6.54 Å². The molecule has 2 amide bonds. The van der Waals surface area contributed by atoms with Crippen molar-refractivity contribution in [3.8, 4) is 0 Å². The molecule has 1 N–H and O–H groups in total. The van der Waals surface area contributed by atoms with Crippen LogP contribution in [-0.4, -0.2) is 37.7 Å². The van der Waals surface area contributed by atoms with E-state index in [0.717, 1.165) is 31.2 Å². The number of sulfonamides is 1. The first kappa shape index (κ1) is 24.4. The molecule has 1 unspecified atom stereocenters. The van der Waals surface area contributed by atoms with E-state index in [-0.39, 0.29) is 22.8 Å². The predicted molar refractivity (Wildman–Crippen MR) is 132 cm³/mol. The van der Waals surface area contributed by atoms with E-state index in [1.807, 2.05) is 31.2 Å². The molecule has 0 radical (unpaired) electrons. The van der Waals surface area contributed by atoms with Gasteiger partial charge in [-0.1, -0.05) is 61.2 Å². The maximum atomic E-state index is 13.0. The Morgan fingerprint density at radius 2 is 1.56 bits per heavy atom. The molecular weight excluding hydrogens is 448 g/mol. The third kappa shape index (κ3) is 5.47. The highest BCUT2D eigenvalue weighted by Crippen LogP contribution is 2.29. The van der Waals surface area contributed by atoms with Crippen molar-refractivity contribution < 1.29 is 18.0 Å². The van der Waals surface area contributed by atoms with Crippen molar-refractivity contribution in [2.24, 2.45) is 5.92 Å². The summed E-state index contributed by atoms with van der Waals surface area (Å²) < 4.78 is 29.0. The van der Waals surface area contributed by atoms with Crippen LogP contribution >= 0.6 is 0 Å². The van der Waals surface area contributed by atoms with Crippen molar-refractivity contribution in [2.45, 2.75) is 62.8 Å². The molecule has 7 heteroatoms. The van der Waals surface area contributed by atoms with E-state index in [9.17, 15) is 18.0 Å². The Kier molecular flexibility index (Phi) is 7.63. The molecule has 1 fully saturated rings. The molecule has 0 aromatic heterocycles. The molecule has 1 heterocycles. The Hall–Kier alpha value is -2.77. The monoisotopic (exact) mass is 480 g/mol. The second kappa shape index (κ2) is 10.7. The van der Waals surface area contributed by atoms with Crippen molar-refractivity contribution >= 4 is 21.8 Å². The van der Waals surface area contributed by atoms with Gasteiger partial charge in [-0.2, -0.15) is 0 Å². The van der Waals surface area contributed by atoms with Crippen molar-refractivity contribution in [3.63, 3.8) is 0 Å². The van der Waals surface area contributed by atoms with Crippen LogP contribution in [0.5, 0.6) is 0 Å². The number of carbonyl (C=O) groups is 2. The lowest BCUT2D eigenvalue weighted by molar-refractivity contribution is 0.0657. The molecule has 2 aliphatic rings. The topological polar surface area (TPSA) is 83.6 Å². The van der Waals surface area contributed by atoms with Gasteiger partial charge in [-0.15, -0.1) is 0 Å². The number of carbonyl (C=O) groups excluding carboxylic acids is 2. The van der Waals surface area contributed by atoms with Gasteiger partial charge in [0, 0.05) is 12.6 Å². The minimum Gasteiger partial charge on any atom is -0.274 e. The number of fused-ring (bicyclic) bond motifs is 1. The summed E-state index contributed by atoms with van der Waals surface area (Å²) in [5.74, 6) is -0.199. The molecule has 2 aromatic rings. The zero-order valence-electron chi connectivity index (χ0n) is 19.6. The fraction of sp³-hybridized carbons (Fsp3) is 0.407. The van der Waals surface area contributed by atoms with Gasteiger partial charge < -0.3 is 0 Å². The molecule has 6 nitrogen and oxygen atoms in total.